The zero-order chi connectivity index (χ0) is 20.2. The van der Waals surface area contributed by atoms with Crippen molar-refractivity contribution in [2.24, 2.45) is 0 Å². The Bertz CT molecular complexity index is 758. The van der Waals surface area contributed by atoms with E-state index in [1.54, 1.807) is 43.9 Å². The predicted molar refractivity (Wildman–Crippen MR) is 108 cm³/mol. The van der Waals surface area contributed by atoms with Crippen LogP contribution in [0.2, 0.25) is 10.0 Å². The number of nitrogens with one attached hydrogen (secondary N) is 1. The van der Waals surface area contributed by atoms with Crippen LogP contribution >= 0.6 is 23.2 Å². The molecule has 1 amide bonds. The molecule has 0 aromatic heterocycles. The first kappa shape index (κ1) is 22.3. The monoisotopic (exact) mass is 436 g/mol. The molecule has 1 saturated heterocycles. The summed E-state index contributed by atoms with van der Waals surface area (Å²) in [7, 11) is -3.66. The number of ether oxygens (including phenoxy) is 1. The number of hydrogen-bond donors (Lipinski definition) is 1. The van der Waals surface area contributed by atoms with Crippen LogP contribution in [0.1, 0.15) is 45.6 Å². The van der Waals surface area contributed by atoms with Crippen molar-refractivity contribution < 1.29 is 17.9 Å². The summed E-state index contributed by atoms with van der Waals surface area (Å²) in [6, 6.07) is 4.62. The van der Waals surface area contributed by atoms with Crippen LogP contribution < -0.4 is 4.72 Å². The van der Waals surface area contributed by atoms with Gasteiger partial charge in [0.15, 0.2) is 0 Å². The normalized spacial score (nSPS) is 18.4. The van der Waals surface area contributed by atoms with E-state index in [1.807, 2.05) is 0 Å². The highest BCUT2D eigenvalue weighted by Crippen LogP contribution is 2.26. The summed E-state index contributed by atoms with van der Waals surface area (Å²) in [5.41, 5.74) is -0.236. The molecule has 2 rings (SSSR count). The molecule has 152 valence electrons. The minimum absolute atomic E-state index is 0.129. The second kappa shape index (κ2) is 8.99. The van der Waals surface area contributed by atoms with Gasteiger partial charge >= 0.3 is 6.09 Å². The molecule has 27 heavy (non-hydrogen) atoms. The Morgan fingerprint density at radius 3 is 2.48 bits per heavy atom. The van der Waals surface area contributed by atoms with E-state index in [1.165, 1.54) is 0 Å². The third-order valence-electron chi connectivity index (χ3n) is 4.19. The van der Waals surface area contributed by atoms with E-state index < -0.39 is 21.7 Å². The smallest absolute Gasteiger partial charge is 0.410 e. The summed E-state index contributed by atoms with van der Waals surface area (Å²) in [5.74, 6) is -0.315. The van der Waals surface area contributed by atoms with Gasteiger partial charge in [-0.05, 0) is 52.2 Å². The summed E-state index contributed by atoms with van der Waals surface area (Å²) in [5, 5.41) is 0.613. The summed E-state index contributed by atoms with van der Waals surface area (Å²) in [4.78, 5) is 14.0. The predicted octanol–water partition coefficient (Wildman–Crippen LogP) is 4.20. The van der Waals surface area contributed by atoms with Gasteiger partial charge in [-0.2, -0.15) is 0 Å². The van der Waals surface area contributed by atoms with E-state index in [0.717, 1.165) is 12.8 Å². The molecule has 1 aromatic carbocycles. The van der Waals surface area contributed by atoms with Crippen molar-refractivity contribution >= 4 is 39.3 Å². The number of nitrogens with zero attached hydrogens (tertiary/aromatic N) is 1. The summed E-state index contributed by atoms with van der Waals surface area (Å²) in [6.07, 6.45) is 2.11. The van der Waals surface area contributed by atoms with Crippen LogP contribution in [0.3, 0.4) is 0 Å². The van der Waals surface area contributed by atoms with Crippen LogP contribution in [0, 0.1) is 0 Å². The number of benzene rings is 1. The van der Waals surface area contributed by atoms with Gasteiger partial charge in [-0.15, -0.1) is 0 Å². The minimum atomic E-state index is -3.66. The van der Waals surface area contributed by atoms with Crippen LogP contribution in [-0.2, 0) is 20.5 Å². The van der Waals surface area contributed by atoms with Gasteiger partial charge in [-0.1, -0.05) is 29.3 Å². The van der Waals surface area contributed by atoms with Gasteiger partial charge in [0.1, 0.15) is 5.60 Å². The highest BCUT2D eigenvalue weighted by Gasteiger charge is 2.31. The Morgan fingerprint density at radius 2 is 1.89 bits per heavy atom. The molecule has 9 heteroatoms. The van der Waals surface area contributed by atoms with E-state index in [9.17, 15) is 13.2 Å². The average molecular weight is 437 g/mol. The molecule has 0 unspecified atom stereocenters. The maximum atomic E-state index is 12.5. The molecule has 0 bridgehead atoms. The molecule has 0 saturated carbocycles. The zero-order valence-electron chi connectivity index (χ0n) is 15.8. The molecule has 1 heterocycles. The number of halogens is 2. The lowest BCUT2D eigenvalue weighted by Crippen LogP contribution is -2.50. The molecule has 0 spiro atoms. The van der Waals surface area contributed by atoms with Gasteiger partial charge in [-0.25, -0.2) is 17.9 Å². The second-order valence-corrected chi connectivity index (χ2v) is 10.3. The molecule has 1 atom stereocenters. The Balaban J connectivity index is 2.03. The van der Waals surface area contributed by atoms with Gasteiger partial charge in [0, 0.05) is 34.7 Å². The molecule has 0 radical (unpaired) electrons. The van der Waals surface area contributed by atoms with E-state index in [-0.39, 0.29) is 18.3 Å². The first-order chi connectivity index (χ1) is 12.5. The van der Waals surface area contributed by atoms with Crippen molar-refractivity contribution in [1.82, 2.24) is 9.62 Å². The van der Waals surface area contributed by atoms with Gasteiger partial charge in [0.25, 0.3) is 0 Å². The molecule has 1 aliphatic heterocycles. The average Bonchev–Trinajstić information content (AvgIpc) is 2.55. The molecular weight excluding hydrogens is 411 g/mol. The number of amides is 1. The van der Waals surface area contributed by atoms with E-state index in [4.69, 9.17) is 27.9 Å². The van der Waals surface area contributed by atoms with Crippen molar-refractivity contribution in [3.63, 3.8) is 0 Å². The number of likely N-dealkylation sites (tertiary alicyclic amines) is 1. The SMILES string of the molecule is CC(C)(C)OC(=O)N1CCCC[C@H]1CNS(=O)(=O)Cc1c(Cl)cccc1Cl. The van der Waals surface area contributed by atoms with Crippen LogP contribution in [0.25, 0.3) is 0 Å². The number of hydrogen-bond acceptors (Lipinski definition) is 4. The van der Waals surface area contributed by atoms with Crippen LogP contribution in [0.15, 0.2) is 18.2 Å². The van der Waals surface area contributed by atoms with Crippen molar-refractivity contribution in [3.8, 4) is 0 Å². The molecule has 1 fully saturated rings. The van der Waals surface area contributed by atoms with E-state index in [2.05, 4.69) is 4.72 Å². The molecule has 0 aliphatic carbocycles. The first-order valence-electron chi connectivity index (χ1n) is 8.88. The maximum Gasteiger partial charge on any atom is 0.410 e. The Hall–Kier alpha value is -1.02. The van der Waals surface area contributed by atoms with E-state index >= 15 is 0 Å². The van der Waals surface area contributed by atoms with E-state index in [0.29, 0.717) is 28.6 Å². The second-order valence-electron chi connectivity index (χ2n) is 7.63. The van der Waals surface area contributed by atoms with Crippen LogP contribution in [0.4, 0.5) is 4.79 Å². The fourth-order valence-corrected chi connectivity index (χ4v) is 4.84. The quantitative estimate of drug-likeness (QED) is 0.749. The lowest BCUT2D eigenvalue weighted by Gasteiger charge is -2.36. The van der Waals surface area contributed by atoms with Gasteiger partial charge in [0.2, 0.25) is 10.0 Å². The number of carbonyl (C=O) groups excluding carboxylic acids is 1. The Morgan fingerprint density at radius 1 is 1.26 bits per heavy atom. The molecule has 1 aliphatic rings. The van der Waals surface area contributed by atoms with Gasteiger partial charge in [0.05, 0.1) is 5.75 Å². The number of piperidine rings is 1. The highest BCUT2D eigenvalue weighted by molar-refractivity contribution is 7.88. The van der Waals surface area contributed by atoms with Crippen LogP contribution in [-0.4, -0.2) is 44.1 Å². The largest absolute Gasteiger partial charge is 0.444 e. The standard InChI is InChI=1S/C18H26Cl2N2O4S/c1-18(2,3)26-17(23)22-10-5-4-7-13(22)11-21-27(24,25)12-14-15(19)8-6-9-16(14)20/h6,8-9,13,21H,4-5,7,10-12H2,1-3H3/t13-/m0/s1. The Labute approximate surface area is 171 Å². The van der Waals surface area contributed by atoms with Crippen molar-refractivity contribution in [2.75, 3.05) is 13.1 Å². The van der Waals surface area contributed by atoms with Gasteiger partial charge in [-0.3, -0.25) is 0 Å². The van der Waals surface area contributed by atoms with Gasteiger partial charge < -0.3 is 9.64 Å². The lowest BCUT2D eigenvalue weighted by molar-refractivity contribution is 0.0105. The summed E-state index contributed by atoms with van der Waals surface area (Å²) in [6.45, 7) is 6.10. The molecule has 1 aromatic rings. The number of carbonyl (C=O) groups is 1. The fourth-order valence-electron chi connectivity index (χ4n) is 2.91. The lowest BCUT2D eigenvalue weighted by atomic mass is 10.0. The van der Waals surface area contributed by atoms with Crippen molar-refractivity contribution in [3.05, 3.63) is 33.8 Å². The zero-order valence-corrected chi connectivity index (χ0v) is 18.1. The Kier molecular flexibility index (Phi) is 7.41. The molecule has 6 nitrogen and oxygen atoms in total. The number of rotatable bonds is 5. The minimum Gasteiger partial charge on any atom is -0.444 e. The first-order valence-corrected chi connectivity index (χ1v) is 11.3. The topological polar surface area (TPSA) is 75.7 Å². The highest BCUT2D eigenvalue weighted by atomic mass is 35.5. The third-order valence-corrected chi connectivity index (χ3v) is 6.17. The fraction of sp³-hybridized carbons (Fsp3) is 0.611. The maximum absolute atomic E-state index is 12.5. The third kappa shape index (κ3) is 6.82. The molecule has 1 N–H and O–H groups in total. The van der Waals surface area contributed by atoms with Crippen molar-refractivity contribution in [2.45, 2.75) is 57.4 Å². The molecular formula is C18H26Cl2N2O4S. The number of sulfonamides is 1. The van der Waals surface area contributed by atoms with Crippen LogP contribution in [0.5, 0.6) is 0 Å². The van der Waals surface area contributed by atoms with Crippen molar-refractivity contribution in [1.29, 1.82) is 0 Å². The summed E-state index contributed by atoms with van der Waals surface area (Å²) >= 11 is 12.1. The summed E-state index contributed by atoms with van der Waals surface area (Å²) < 4.78 is 33.0.